The van der Waals surface area contributed by atoms with Gasteiger partial charge < -0.3 is 11.1 Å². The van der Waals surface area contributed by atoms with Crippen LogP contribution in [-0.4, -0.2) is 9.97 Å². The average molecular weight is 336 g/mol. The number of pyridine rings is 1. The van der Waals surface area contributed by atoms with Crippen LogP contribution in [-0.2, 0) is 6.42 Å². The fraction of sp³-hybridized carbons (Fsp3) is 0.143. The van der Waals surface area contributed by atoms with Crippen molar-refractivity contribution in [2.24, 2.45) is 5.73 Å². The Balaban J connectivity index is 2.30. The minimum absolute atomic E-state index is 0.372. The lowest BCUT2D eigenvalue weighted by atomic mass is 10.1. The highest BCUT2D eigenvalue weighted by atomic mass is 79.9. The van der Waals surface area contributed by atoms with Crippen molar-refractivity contribution in [3.05, 3.63) is 52.1 Å². The van der Waals surface area contributed by atoms with E-state index in [0.29, 0.717) is 4.99 Å². The van der Waals surface area contributed by atoms with Gasteiger partial charge in [-0.3, -0.25) is 0 Å². The van der Waals surface area contributed by atoms with Gasteiger partial charge in [-0.2, -0.15) is 0 Å². The molecule has 1 aromatic carbocycles. The second-order valence-electron chi connectivity index (χ2n) is 4.07. The molecule has 0 atom stereocenters. The van der Waals surface area contributed by atoms with Crippen molar-refractivity contribution in [3.63, 3.8) is 0 Å². The molecule has 0 aliphatic heterocycles. The molecular weight excluding hydrogens is 322 g/mol. The molecular formula is C14H14BrN3S. The molecule has 1 heterocycles. The minimum atomic E-state index is 0.372. The van der Waals surface area contributed by atoms with Crippen molar-refractivity contribution in [1.82, 2.24) is 4.98 Å². The van der Waals surface area contributed by atoms with Crippen molar-refractivity contribution in [2.75, 3.05) is 5.32 Å². The van der Waals surface area contributed by atoms with Gasteiger partial charge in [0.05, 0.1) is 0 Å². The van der Waals surface area contributed by atoms with E-state index in [4.69, 9.17) is 18.0 Å². The molecule has 0 spiro atoms. The number of hydrogen-bond donors (Lipinski definition) is 2. The fourth-order valence-electron chi connectivity index (χ4n) is 1.77. The Morgan fingerprint density at radius 2 is 2.16 bits per heavy atom. The van der Waals surface area contributed by atoms with E-state index < -0.39 is 0 Å². The Labute approximate surface area is 126 Å². The summed E-state index contributed by atoms with van der Waals surface area (Å²) in [5.74, 6) is 0.738. The molecule has 1 aromatic heterocycles. The topological polar surface area (TPSA) is 50.9 Å². The van der Waals surface area contributed by atoms with E-state index in [-0.39, 0.29) is 0 Å². The van der Waals surface area contributed by atoms with E-state index in [1.165, 1.54) is 5.56 Å². The van der Waals surface area contributed by atoms with Crippen LogP contribution in [0.1, 0.15) is 18.1 Å². The van der Waals surface area contributed by atoms with Gasteiger partial charge in [-0.05, 0) is 42.3 Å². The van der Waals surface area contributed by atoms with E-state index in [1.54, 1.807) is 12.3 Å². The summed E-state index contributed by atoms with van der Waals surface area (Å²) in [4.78, 5) is 4.65. The van der Waals surface area contributed by atoms with Crippen LogP contribution in [0, 0.1) is 0 Å². The van der Waals surface area contributed by atoms with E-state index in [2.05, 4.69) is 39.2 Å². The molecule has 0 bridgehead atoms. The summed E-state index contributed by atoms with van der Waals surface area (Å²) < 4.78 is 1.07. The SMILES string of the molecule is CCc1cc(Br)ccc1Nc1cc(C(N)=S)ccn1. The maximum absolute atomic E-state index is 5.62. The molecule has 2 rings (SSSR count). The first-order valence-corrected chi connectivity index (χ1v) is 7.11. The Bertz CT molecular complexity index is 613. The predicted molar refractivity (Wildman–Crippen MR) is 86.9 cm³/mol. The summed E-state index contributed by atoms with van der Waals surface area (Å²) in [6, 6.07) is 9.77. The number of nitrogens with one attached hydrogen (secondary N) is 1. The molecule has 3 nitrogen and oxygen atoms in total. The Morgan fingerprint density at radius 1 is 1.37 bits per heavy atom. The molecule has 0 aliphatic carbocycles. The van der Waals surface area contributed by atoms with Crippen LogP contribution >= 0.6 is 28.1 Å². The molecule has 0 amide bonds. The highest BCUT2D eigenvalue weighted by molar-refractivity contribution is 9.10. The quantitative estimate of drug-likeness (QED) is 0.834. The normalized spacial score (nSPS) is 10.2. The first-order chi connectivity index (χ1) is 9.10. The van der Waals surface area contributed by atoms with E-state index in [9.17, 15) is 0 Å². The molecule has 0 radical (unpaired) electrons. The Kier molecular flexibility index (Phi) is 4.50. The third-order valence-electron chi connectivity index (χ3n) is 2.76. The van der Waals surface area contributed by atoms with Crippen LogP contribution in [0.3, 0.4) is 0 Å². The van der Waals surface area contributed by atoms with Gasteiger partial charge in [0.25, 0.3) is 0 Å². The van der Waals surface area contributed by atoms with E-state index in [0.717, 1.165) is 28.0 Å². The number of thiocarbonyl (C=S) groups is 1. The zero-order valence-electron chi connectivity index (χ0n) is 10.5. The predicted octanol–water partition coefficient (Wildman–Crippen LogP) is 3.78. The summed E-state index contributed by atoms with van der Waals surface area (Å²) in [7, 11) is 0. The smallest absolute Gasteiger partial charge is 0.130 e. The van der Waals surface area contributed by atoms with Crippen LogP contribution in [0.4, 0.5) is 11.5 Å². The zero-order valence-corrected chi connectivity index (χ0v) is 12.9. The number of hydrogen-bond acceptors (Lipinski definition) is 3. The molecule has 0 unspecified atom stereocenters. The van der Waals surface area contributed by atoms with Crippen molar-refractivity contribution < 1.29 is 0 Å². The van der Waals surface area contributed by atoms with Gasteiger partial charge >= 0.3 is 0 Å². The first-order valence-electron chi connectivity index (χ1n) is 5.91. The monoisotopic (exact) mass is 335 g/mol. The summed E-state index contributed by atoms with van der Waals surface area (Å²) in [5, 5.41) is 3.30. The van der Waals surface area contributed by atoms with E-state index in [1.807, 2.05) is 18.2 Å². The number of aryl methyl sites for hydroxylation is 1. The average Bonchev–Trinajstić information content (AvgIpc) is 2.41. The van der Waals surface area contributed by atoms with Crippen LogP contribution in [0.5, 0.6) is 0 Å². The van der Waals surface area contributed by atoms with Gasteiger partial charge in [0, 0.05) is 21.9 Å². The molecule has 3 N–H and O–H groups in total. The van der Waals surface area contributed by atoms with Gasteiger partial charge in [-0.1, -0.05) is 35.1 Å². The van der Waals surface area contributed by atoms with Crippen LogP contribution in [0.25, 0.3) is 0 Å². The largest absolute Gasteiger partial charge is 0.389 e. The van der Waals surface area contributed by atoms with Gasteiger partial charge in [0.15, 0.2) is 0 Å². The molecule has 0 aliphatic rings. The zero-order chi connectivity index (χ0) is 13.8. The Morgan fingerprint density at radius 3 is 2.84 bits per heavy atom. The second kappa shape index (κ2) is 6.12. The maximum atomic E-state index is 5.62. The molecule has 19 heavy (non-hydrogen) atoms. The summed E-state index contributed by atoms with van der Waals surface area (Å²) in [5.41, 5.74) is 8.69. The van der Waals surface area contributed by atoms with Crippen LogP contribution < -0.4 is 11.1 Å². The standard InChI is InChI=1S/C14H14BrN3S/c1-2-9-7-11(15)3-4-12(9)18-13-8-10(14(16)19)5-6-17-13/h3-8H,2H2,1H3,(H2,16,19)(H,17,18). The number of halogens is 1. The number of benzene rings is 1. The van der Waals surface area contributed by atoms with Crippen molar-refractivity contribution in [2.45, 2.75) is 13.3 Å². The number of rotatable bonds is 4. The fourth-order valence-corrected chi connectivity index (χ4v) is 2.30. The second-order valence-corrected chi connectivity index (χ2v) is 5.43. The third kappa shape index (κ3) is 3.52. The number of anilines is 2. The minimum Gasteiger partial charge on any atom is -0.389 e. The highest BCUT2D eigenvalue weighted by Crippen LogP contribution is 2.24. The van der Waals surface area contributed by atoms with Crippen molar-refractivity contribution >= 4 is 44.6 Å². The van der Waals surface area contributed by atoms with E-state index >= 15 is 0 Å². The van der Waals surface area contributed by atoms with Crippen LogP contribution in [0.15, 0.2) is 41.0 Å². The van der Waals surface area contributed by atoms with Gasteiger partial charge in [0.2, 0.25) is 0 Å². The summed E-state index contributed by atoms with van der Waals surface area (Å²) in [6.07, 6.45) is 2.64. The van der Waals surface area contributed by atoms with Gasteiger partial charge in [0.1, 0.15) is 10.8 Å². The highest BCUT2D eigenvalue weighted by Gasteiger charge is 2.04. The van der Waals surface area contributed by atoms with Crippen LogP contribution in [0.2, 0.25) is 0 Å². The first kappa shape index (κ1) is 14.0. The lowest BCUT2D eigenvalue weighted by molar-refractivity contribution is 1.13. The van der Waals surface area contributed by atoms with Crippen molar-refractivity contribution in [1.29, 1.82) is 0 Å². The number of aromatic nitrogens is 1. The van der Waals surface area contributed by atoms with Gasteiger partial charge in [-0.25, -0.2) is 4.98 Å². The molecule has 2 aromatic rings. The molecule has 5 heteroatoms. The van der Waals surface area contributed by atoms with Crippen molar-refractivity contribution in [3.8, 4) is 0 Å². The summed E-state index contributed by atoms with van der Waals surface area (Å²) >= 11 is 8.44. The lowest BCUT2D eigenvalue weighted by Crippen LogP contribution is -2.10. The molecule has 0 fully saturated rings. The van der Waals surface area contributed by atoms with Gasteiger partial charge in [-0.15, -0.1) is 0 Å². The number of nitrogens with two attached hydrogens (primary N) is 1. The molecule has 0 saturated heterocycles. The summed E-state index contributed by atoms with van der Waals surface area (Å²) in [6.45, 7) is 2.12. The molecule has 98 valence electrons. The molecule has 0 saturated carbocycles. The number of nitrogens with zero attached hydrogens (tertiary/aromatic N) is 1. The third-order valence-corrected chi connectivity index (χ3v) is 3.48. The Hall–Kier alpha value is -1.46. The lowest BCUT2D eigenvalue weighted by Gasteiger charge is -2.11. The maximum Gasteiger partial charge on any atom is 0.130 e.